The van der Waals surface area contributed by atoms with Crippen LogP contribution < -0.4 is 11.1 Å². The molecule has 0 spiro atoms. The van der Waals surface area contributed by atoms with Gasteiger partial charge in [-0.05, 0) is 30.2 Å². The van der Waals surface area contributed by atoms with Gasteiger partial charge < -0.3 is 11.1 Å². The molecule has 1 saturated heterocycles. The van der Waals surface area contributed by atoms with Crippen molar-refractivity contribution in [3.05, 3.63) is 35.1 Å². The van der Waals surface area contributed by atoms with Crippen LogP contribution in [0.25, 0.3) is 0 Å². The van der Waals surface area contributed by atoms with Gasteiger partial charge in [0.25, 0.3) is 0 Å². The highest BCUT2D eigenvalue weighted by molar-refractivity contribution is 5.78. The van der Waals surface area contributed by atoms with E-state index in [0.29, 0.717) is 25.2 Å². The average Bonchev–Trinajstić information content (AvgIpc) is 2.60. The van der Waals surface area contributed by atoms with E-state index in [2.05, 4.69) is 17.2 Å². The van der Waals surface area contributed by atoms with Gasteiger partial charge in [0, 0.05) is 25.2 Å². The van der Waals surface area contributed by atoms with Crippen molar-refractivity contribution in [2.75, 3.05) is 26.2 Å². The summed E-state index contributed by atoms with van der Waals surface area (Å²) in [6, 6.07) is 4.71. The molecule has 0 atom stereocenters. The maximum absolute atomic E-state index is 13.6. The number of nitrogens with two attached hydrogens (primary N) is 1. The van der Waals surface area contributed by atoms with Crippen LogP contribution in [0.3, 0.4) is 0 Å². The highest BCUT2D eigenvalue weighted by atomic mass is 19.1. The smallest absolute Gasteiger partial charge is 0.234 e. The molecule has 20 heavy (non-hydrogen) atoms. The third-order valence-electron chi connectivity index (χ3n) is 3.04. The summed E-state index contributed by atoms with van der Waals surface area (Å²) in [4.78, 5) is 13.5. The first-order chi connectivity index (χ1) is 9.67. The van der Waals surface area contributed by atoms with E-state index in [9.17, 15) is 9.18 Å². The largest absolute Gasteiger partial charge is 0.355 e. The average molecular weight is 275 g/mol. The van der Waals surface area contributed by atoms with E-state index in [1.807, 2.05) is 11.0 Å². The van der Waals surface area contributed by atoms with Crippen molar-refractivity contribution in [1.82, 2.24) is 10.2 Å². The molecule has 0 saturated carbocycles. The summed E-state index contributed by atoms with van der Waals surface area (Å²) >= 11 is 0. The monoisotopic (exact) mass is 275 g/mol. The van der Waals surface area contributed by atoms with Crippen LogP contribution in [0.1, 0.15) is 17.5 Å². The van der Waals surface area contributed by atoms with E-state index in [4.69, 9.17) is 5.73 Å². The Morgan fingerprint density at radius 2 is 2.25 bits per heavy atom. The van der Waals surface area contributed by atoms with Gasteiger partial charge in [0.1, 0.15) is 5.82 Å². The fraction of sp³-hybridized carbons (Fsp3) is 0.400. The van der Waals surface area contributed by atoms with Gasteiger partial charge in [-0.15, -0.1) is 0 Å². The van der Waals surface area contributed by atoms with Crippen molar-refractivity contribution in [3.8, 4) is 11.8 Å². The van der Waals surface area contributed by atoms with Crippen LogP contribution in [-0.4, -0.2) is 37.0 Å². The Kier molecular flexibility index (Phi) is 5.10. The van der Waals surface area contributed by atoms with Gasteiger partial charge >= 0.3 is 0 Å². The van der Waals surface area contributed by atoms with Gasteiger partial charge in [0.05, 0.1) is 13.1 Å². The van der Waals surface area contributed by atoms with Crippen molar-refractivity contribution in [2.45, 2.75) is 13.0 Å². The number of rotatable bonds is 2. The fourth-order valence-corrected chi connectivity index (χ4v) is 2.23. The molecular formula is C15H18FN3O. The summed E-state index contributed by atoms with van der Waals surface area (Å²) in [5.74, 6) is 5.24. The van der Waals surface area contributed by atoms with Crippen molar-refractivity contribution in [1.29, 1.82) is 0 Å². The lowest BCUT2D eigenvalue weighted by atomic mass is 10.1. The zero-order valence-electron chi connectivity index (χ0n) is 11.3. The number of carbonyl (C=O) groups excluding carboxylic acids is 1. The molecule has 2 rings (SSSR count). The number of amides is 1. The van der Waals surface area contributed by atoms with Crippen LogP contribution in [0.2, 0.25) is 0 Å². The van der Waals surface area contributed by atoms with Crippen LogP contribution >= 0.6 is 0 Å². The Bertz CT molecular complexity index is 548. The van der Waals surface area contributed by atoms with Crippen LogP contribution in [0.15, 0.2) is 18.2 Å². The summed E-state index contributed by atoms with van der Waals surface area (Å²) < 4.78 is 13.6. The van der Waals surface area contributed by atoms with Gasteiger partial charge in [-0.2, -0.15) is 0 Å². The van der Waals surface area contributed by atoms with Gasteiger partial charge in [0.2, 0.25) is 5.91 Å². The molecule has 106 valence electrons. The van der Waals surface area contributed by atoms with E-state index in [1.54, 1.807) is 0 Å². The molecule has 1 aliphatic heterocycles. The van der Waals surface area contributed by atoms with E-state index in [1.165, 1.54) is 12.1 Å². The molecule has 1 aliphatic rings. The molecule has 3 N–H and O–H groups in total. The Morgan fingerprint density at radius 3 is 3.05 bits per heavy atom. The minimum Gasteiger partial charge on any atom is -0.355 e. The molecule has 0 unspecified atom stereocenters. The lowest BCUT2D eigenvalue weighted by Crippen LogP contribution is -2.32. The molecule has 4 nitrogen and oxygen atoms in total. The van der Waals surface area contributed by atoms with Crippen LogP contribution in [0.5, 0.6) is 0 Å². The molecule has 1 heterocycles. The summed E-state index contributed by atoms with van der Waals surface area (Å²) in [6.45, 7) is 2.66. The molecule has 0 aromatic heterocycles. The van der Waals surface area contributed by atoms with Crippen molar-refractivity contribution in [3.63, 3.8) is 0 Å². The predicted octanol–water partition coefficient (Wildman–Crippen LogP) is 0.458. The first-order valence-electron chi connectivity index (χ1n) is 6.65. The lowest BCUT2D eigenvalue weighted by Gasteiger charge is -2.18. The maximum atomic E-state index is 13.6. The predicted molar refractivity (Wildman–Crippen MR) is 75.2 cm³/mol. The quantitative estimate of drug-likeness (QED) is 0.771. The Labute approximate surface area is 118 Å². The van der Waals surface area contributed by atoms with Gasteiger partial charge in [0.15, 0.2) is 0 Å². The minimum absolute atomic E-state index is 0.0158. The number of nitrogens with zero attached hydrogens (tertiary/aromatic N) is 1. The molecule has 1 fully saturated rings. The molecular weight excluding hydrogens is 257 g/mol. The summed E-state index contributed by atoms with van der Waals surface area (Å²) in [5.41, 5.74) is 6.75. The Hall–Kier alpha value is -1.90. The Morgan fingerprint density at radius 1 is 1.40 bits per heavy atom. The van der Waals surface area contributed by atoms with Crippen molar-refractivity contribution < 1.29 is 9.18 Å². The van der Waals surface area contributed by atoms with Gasteiger partial charge in [-0.1, -0.05) is 11.8 Å². The van der Waals surface area contributed by atoms with E-state index >= 15 is 0 Å². The third kappa shape index (κ3) is 4.34. The first kappa shape index (κ1) is 14.5. The number of benzene rings is 1. The summed E-state index contributed by atoms with van der Waals surface area (Å²) in [7, 11) is 0. The van der Waals surface area contributed by atoms with Crippen LogP contribution in [0.4, 0.5) is 4.39 Å². The SMILES string of the molecule is NCC#Cc1cc(F)cc(CN2CCCNC(=O)C2)c1. The molecule has 1 aromatic rings. The first-order valence-corrected chi connectivity index (χ1v) is 6.65. The number of carbonyl (C=O) groups is 1. The summed E-state index contributed by atoms with van der Waals surface area (Å²) in [6.07, 6.45) is 0.904. The van der Waals surface area contributed by atoms with E-state index in [0.717, 1.165) is 18.5 Å². The molecule has 1 amide bonds. The highest BCUT2D eigenvalue weighted by Crippen LogP contribution is 2.12. The molecule has 1 aromatic carbocycles. The zero-order valence-corrected chi connectivity index (χ0v) is 11.3. The second kappa shape index (κ2) is 7.04. The summed E-state index contributed by atoms with van der Waals surface area (Å²) in [5, 5.41) is 2.82. The normalized spacial score (nSPS) is 16.0. The second-order valence-electron chi connectivity index (χ2n) is 4.77. The van der Waals surface area contributed by atoms with Crippen LogP contribution in [-0.2, 0) is 11.3 Å². The number of nitrogens with one attached hydrogen (secondary N) is 1. The second-order valence-corrected chi connectivity index (χ2v) is 4.77. The number of hydrogen-bond donors (Lipinski definition) is 2. The van der Waals surface area contributed by atoms with Crippen molar-refractivity contribution >= 4 is 5.91 Å². The fourth-order valence-electron chi connectivity index (χ4n) is 2.23. The standard InChI is InChI=1S/C15H18FN3O/c16-14-8-12(3-1-4-17)7-13(9-14)10-19-6-2-5-18-15(20)11-19/h7-9H,2,4-6,10-11,17H2,(H,18,20). The molecule has 5 heteroatoms. The Balaban J connectivity index is 2.11. The maximum Gasteiger partial charge on any atom is 0.234 e. The number of hydrogen-bond acceptors (Lipinski definition) is 3. The van der Waals surface area contributed by atoms with E-state index in [-0.39, 0.29) is 18.3 Å². The van der Waals surface area contributed by atoms with Gasteiger partial charge in [-0.3, -0.25) is 9.69 Å². The molecule has 0 aliphatic carbocycles. The number of halogens is 1. The zero-order chi connectivity index (χ0) is 14.4. The minimum atomic E-state index is -0.317. The molecule has 0 radical (unpaired) electrons. The highest BCUT2D eigenvalue weighted by Gasteiger charge is 2.15. The van der Waals surface area contributed by atoms with Crippen molar-refractivity contribution in [2.24, 2.45) is 5.73 Å². The van der Waals surface area contributed by atoms with Gasteiger partial charge in [-0.25, -0.2) is 4.39 Å². The molecule has 0 bridgehead atoms. The lowest BCUT2D eigenvalue weighted by molar-refractivity contribution is -0.121. The van der Waals surface area contributed by atoms with E-state index < -0.39 is 0 Å². The topological polar surface area (TPSA) is 58.4 Å². The third-order valence-corrected chi connectivity index (χ3v) is 3.04. The van der Waals surface area contributed by atoms with Crippen LogP contribution in [0, 0.1) is 17.7 Å².